The van der Waals surface area contributed by atoms with Crippen molar-refractivity contribution >= 4 is 23.3 Å². The van der Waals surface area contributed by atoms with Crippen molar-refractivity contribution in [1.29, 1.82) is 0 Å². The fourth-order valence-corrected chi connectivity index (χ4v) is 2.69. The number of nitrogens with one attached hydrogen (secondary N) is 1. The van der Waals surface area contributed by atoms with Crippen LogP contribution in [-0.4, -0.2) is 25.5 Å². The van der Waals surface area contributed by atoms with Gasteiger partial charge in [0.2, 0.25) is 5.91 Å². The molecular weight excluding hydrogens is 338 g/mol. The van der Waals surface area contributed by atoms with Crippen LogP contribution in [0, 0.1) is 12.8 Å². The standard InChI is InChI=1S/C18H20ClN5O/c1-13-5-3-4-6-15(13)11-23-8-7-17(22-23)21-18(25)14(2)10-24-12-16(19)9-20-24/h3-9,12,14H,10-11H2,1-2H3,(H,21,22,25). The SMILES string of the molecule is Cc1ccccc1Cn1ccc(NC(=O)C(C)Cn2cc(Cl)cn2)n1. The van der Waals surface area contributed by atoms with Crippen LogP contribution in [0.15, 0.2) is 48.9 Å². The number of carbonyl (C=O) groups is 1. The smallest absolute Gasteiger partial charge is 0.230 e. The molecule has 0 spiro atoms. The first-order valence-electron chi connectivity index (χ1n) is 8.08. The summed E-state index contributed by atoms with van der Waals surface area (Å²) in [7, 11) is 0. The van der Waals surface area contributed by atoms with Gasteiger partial charge in [-0.05, 0) is 18.1 Å². The lowest BCUT2D eigenvalue weighted by Gasteiger charge is -2.11. The maximum atomic E-state index is 12.3. The van der Waals surface area contributed by atoms with E-state index >= 15 is 0 Å². The maximum Gasteiger partial charge on any atom is 0.230 e. The molecule has 7 heteroatoms. The van der Waals surface area contributed by atoms with E-state index in [0.717, 1.165) is 0 Å². The third-order valence-electron chi connectivity index (χ3n) is 4.00. The first kappa shape index (κ1) is 17.2. The van der Waals surface area contributed by atoms with E-state index in [-0.39, 0.29) is 11.8 Å². The Morgan fingerprint density at radius 1 is 1.28 bits per heavy atom. The topological polar surface area (TPSA) is 64.7 Å². The molecule has 0 saturated heterocycles. The molecule has 1 atom stereocenters. The van der Waals surface area contributed by atoms with Gasteiger partial charge in [-0.3, -0.25) is 14.2 Å². The van der Waals surface area contributed by atoms with Crippen LogP contribution in [0.5, 0.6) is 0 Å². The summed E-state index contributed by atoms with van der Waals surface area (Å²) in [6.07, 6.45) is 5.11. The monoisotopic (exact) mass is 357 g/mol. The highest BCUT2D eigenvalue weighted by Gasteiger charge is 2.15. The first-order valence-corrected chi connectivity index (χ1v) is 8.46. The van der Waals surface area contributed by atoms with Crippen molar-refractivity contribution in [1.82, 2.24) is 19.6 Å². The van der Waals surface area contributed by atoms with Crippen molar-refractivity contribution in [2.75, 3.05) is 5.32 Å². The molecule has 1 amide bonds. The number of carbonyl (C=O) groups excluding carboxylic acids is 1. The van der Waals surface area contributed by atoms with Gasteiger partial charge in [-0.1, -0.05) is 42.8 Å². The van der Waals surface area contributed by atoms with E-state index in [9.17, 15) is 4.79 Å². The molecule has 0 bridgehead atoms. The van der Waals surface area contributed by atoms with Gasteiger partial charge in [-0.2, -0.15) is 10.2 Å². The largest absolute Gasteiger partial charge is 0.309 e. The summed E-state index contributed by atoms with van der Waals surface area (Å²) in [6.45, 7) is 5.05. The van der Waals surface area contributed by atoms with Crippen LogP contribution < -0.4 is 5.32 Å². The minimum atomic E-state index is -0.252. The van der Waals surface area contributed by atoms with Gasteiger partial charge in [0.05, 0.1) is 30.2 Å². The molecule has 0 aliphatic rings. The van der Waals surface area contributed by atoms with Crippen molar-refractivity contribution in [2.24, 2.45) is 5.92 Å². The van der Waals surface area contributed by atoms with E-state index in [1.54, 1.807) is 23.1 Å². The third kappa shape index (κ3) is 4.48. The second kappa shape index (κ2) is 7.53. The van der Waals surface area contributed by atoms with Crippen molar-refractivity contribution in [3.05, 3.63) is 65.1 Å². The number of benzene rings is 1. The van der Waals surface area contributed by atoms with Crippen molar-refractivity contribution in [3.8, 4) is 0 Å². The Morgan fingerprint density at radius 2 is 2.08 bits per heavy atom. The predicted molar refractivity (Wildman–Crippen MR) is 97.5 cm³/mol. The Kier molecular flexibility index (Phi) is 5.19. The highest BCUT2D eigenvalue weighted by atomic mass is 35.5. The molecule has 2 aromatic heterocycles. The molecule has 2 heterocycles. The summed E-state index contributed by atoms with van der Waals surface area (Å²) in [5.74, 6) is 0.189. The quantitative estimate of drug-likeness (QED) is 0.735. The average molecular weight is 358 g/mol. The zero-order valence-corrected chi connectivity index (χ0v) is 14.9. The molecule has 3 rings (SSSR count). The van der Waals surface area contributed by atoms with Gasteiger partial charge in [0, 0.05) is 18.5 Å². The van der Waals surface area contributed by atoms with Gasteiger partial charge in [0.25, 0.3) is 0 Å². The van der Waals surface area contributed by atoms with Gasteiger partial charge < -0.3 is 5.32 Å². The number of rotatable bonds is 6. The summed E-state index contributed by atoms with van der Waals surface area (Å²) in [5, 5.41) is 11.9. The summed E-state index contributed by atoms with van der Waals surface area (Å²) in [6, 6.07) is 9.98. The Bertz CT molecular complexity index is 870. The van der Waals surface area contributed by atoms with Crippen molar-refractivity contribution < 1.29 is 4.79 Å². The molecule has 0 fully saturated rings. The molecule has 1 N–H and O–H groups in total. The lowest BCUT2D eigenvalue weighted by atomic mass is 10.1. The van der Waals surface area contributed by atoms with E-state index in [0.29, 0.717) is 23.9 Å². The predicted octanol–water partition coefficient (Wildman–Crippen LogP) is 3.36. The van der Waals surface area contributed by atoms with Crippen LogP contribution in [0.4, 0.5) is 5.82 Å². The fraction of sp³-hybridized carbons (Fsp3) is 0.278. The van der Waals surface area contributed by atoms with Crippen LogP contribution in [0.1, 0.15) is 18.1 Å². The Morgan fingerprint density at radius 3 is 2.80 bits per heavy atom. The number of hydrogen-bond acceptors (Lipinski definition) is 3. The number of aromatic nitrogens is 4. The minimum Gasteiger partial charge on any atom is -0.309 e. The number of aryl methyl sites for hydroxylation is 1. The normalized spacial score (nSPS) is 12.1. The summed E-state index contributed by atoms with van der Waals surface area (Å²) < 4.78 is 3.47. The zero-order valence-electron chi connectivity index (χ0n) is 14.2. The summed E-state index contributed by atoms with van der Waals surface area (Å²) in [4.78, 5) is 12.3. The number of hydrogen-bond donors (Lipinski definition) is 1. The van der Waals surface area contributed by atoms with Crippen molar-refractivity contribution in [3.63, 3.8) is 0 Å². The van der Waals surface area contributed by atoms with Crippen LogP contribution >= 0.6 is 11.6 Å². The van der Waals surface area contributed by atoms with Gasteiger partial charge in [-0.15, -0.1) is 0 Å². The first-order chi connectivity index (χ1) is 12.0. The maximum absolute atomic E-state index is 12.3. The Balaban J connectivity index is 1.59. The van der Waals surface area contributed by atoms with Gasteiger partial charge >= 0.3 is 0 Å². The van der Waals surface area contributed by atoms with E-state index in [2.05, 4.69) is 34.6 Å². The molecule has 0 radical (unpaired) electrons. The molecule has 0 aliphatic carbocycles. The number of nitrogens with zero attached hydrogens (tertiary/aromatic N) is 4. The fourth-order valence-electron chi connectivity index (χ4n) is 2.53. The number of amides is 1. The molecule has 1 aromatic carbocycles. The van der Waals surface area contributed by atoms with Gasteiger partial charge in [-0.25, -0.2) is 0 Å². The van der Waals surface area contributed by atoms with Crippen LogP contribution in [0.2, 0.25) is 5.02 Å². The third-order valence-corrected chi connectivity index (χ3v) is 4.19. The molecule has 0 saturated carbocycles. The molecule has 1 unspecified atom stereocenters. The van der Waals surface area contributed by atoms with Crippen LogP contribution in [0.3, 0.4) is 0 Å². The Labute approximate surface area is 151 Å². The van der Waals surface area contributed by atoms with Gasteiger partial charge in [0.1, 0.15) is 0 Å². The molecular formula is C18H20ClN5O. The molecule has 130 valence electrons. The van der Waals surface area contributed by atoms with E-state index in [1.165, 1.54) is 11.1 Å². The molecule has 3 aromatic rings. The highest BCUT2D eigenvalue weighted by molar-refractivity contribution is 6.30. The highest BCUT2D eigenvalue weighted by Crippen LogP contribution is 2.12. The molecule has 0 aliphatic heterocycles. The Hall–Kier alpha value is -2.60. The van der Waals surface area contributed by atoms with Crippen molar-refractivity contribution in [2.45, 2.75) is 26.9 Å². The number of halogens is 1. The summed E-state index contributed by atoms with van der Waals surface area (Å²) >= 11 is 5.84. The lowest BCUT2D eigenvalue weighted by molar-refractivity contribution is -0.119. The van der Waals surface area contributed by atoms with E-state index in [1.807, 2.05) is 29.9 Å². The summed E-state index contributed by atoms with van der Waals surface area (Å²) in [5.41, 5.74) is 2.42. The number of anilines is 1. The second-order valence-electron chi connectivity index (χ2n) is 6.10. The molecule has 25 heavy (non-hydrogen) atoms. The van der Waals surface area contributed by atoms with E-state index < -0.39 is 0 Å². The van der Waals surface area contributed by atoms with Crippen LogP contribution in [-0.2, 0) is 17.9 Å². The molecule has 6 nitrogen and oxygen atoms in total. The minimum absolute atomic E-state index is 0.104. The van der Waals surface area contributed by atoms with E-state index in [4.69, 9.17) is 11.6 Å². The lowest BCUT2D eigenvalue weighted by Crippen LogP contribution is -2.24. The average Bonchev–Trinajstić information content (AvgIpc) is 3.18. The van der Waals surface area contributed by atoms with Crippen LogP contribution in [0.25, 0.3) is 0 Å². The zero-order chi connectivity index (χ0) is 17.8. The second-order valence-corrected chi connectivity index (χ2v) is 6.53. The van der Waals surface area contributed by atoms with Gasteiger partial charge in [0.15, 0.2) is 5.82 Å².